The summed E-state index contributed by atoms with van der Waals surface area (Å²) in [5, 5.41) is 2.74. The minimum absolute atomic E-state index is 0.0207. The molecule has 5 rings (SSSR count). The maximum Gasteiger partial charge on any atom is 0.243 e. The Morgan fingerprint density at radius 1 is 1.00 bits per heavy atom. The van der Waals surface area contributed by atoms with Crippen molar-refractivity contribution in [1.29, 1.82) is 0 Å². The van der Waals surface area contributed by atoms with E-state index >= 15 is 0 Å². The molecule has 2 amide bonds. The van der Waals surface area contributed by atoms with Crippen LogP contribution in [0.25, 0.3) is 0 Å². The van der Waals surface area contributed by atoms with Gasteiger partial charge in [-0.2, -0.15) is 4.31 Å². The molecule has 0 radical (unpaired) electrons. The van der Waals surface area contributed by atoms with Crippen LogP contribution in [-0.2, 0) is 26.0 Å². The number of aryl methyl sites for hydroxylation is 1. The third-order valence-electron chi connectivity index (χ3n) is 7.33. The minimum Gasteiger partial charge on any atom is -0.326 e. The monoisotopic (exact) mass is 499 g/mol. The topological polar surface area (TPSA) is 86.8 Å². The fraction of sp³-hybridized carbons (Fsp3) is 0.462. The van der Waals surface area contributed by atoms with Crippen molar-refractivity contribution in [3.63, 3.8) is 0 Å². The summed E-state index contributed by atoms with van der Waals surface area (Å²) in [5.41, 5.74) is 2.60. The maximum atomic E-state index is 13.8. The van der Waals surface area contributed by atoms with E-state index in [2.05, 4.69) is 5.32 Å². The maximum absolute atomic E-state index is 13.8. The Bertz CT molecular complexity index is 1280. The van der Waals surface area contributed by atoms with E-state index in [9.17, 15) is 22.4 Å². The van der Waals surface area contributed by atoms with Crippen LogP contribution in [-0.4, -0.2) is 43.7 Å². The summed E-state index contributed by atoms with van der Waals surface area (Å²) >= 11 is 0. The van der Waals surface area contributed by atoms with Crippen LogP contribution in [0, 0.1) is 24.6 Å². The molecular weight excluding hydrogens is 469 g/mol. The molecule has 0 spiro atoms. The molecule has 2 heterocycles. The Balaban J connectivity index is 1.24. The predicted molar refractivity (Wildman–Crippen MR) is 131 cm³/mol. The van der Waals surface area contributed by atoms with Crippen LogP contribution in [0.2, 0.25) is 0 Å². The van der Waals surface area contributed by atoms with E-state index in [1.54, 1.807) is 37.3 Å². The molecule has 2 aliphatic heterocycles. The number of hydrogen-bond acceptors (Lipinski definition) is 4. The van der Waals surface area contributed by atoms with Gasteiger partial charge in [0.15, 0.2) is 0 Å². The lowest BCUT2D eigenvalue weighted by Crippen LogP contribution is -2.41. The molecule has 1 atom stereocenters. The van der Waals surface area contributed by atoms with Crippen LogP contribution in [0.1, 0.15) is 43.7 Å². The highest BCUT2D eigenvalue weighted by atomic mass is 32.2. The standard InChI is InChI=1S/C26H30FN3O4S/c1-16-3-6-21(15-23(16)27)28-25(31)18-9-11-29(12-10-18)35(33,34)22-7-8-24-20(14-22)13-17(2)30(24)26(32)19-4-5-19/h3,6-8,14-15,17-19H,4-5,9-13H2,1-2H3,(H,28,31)/t17-/m1/s1. The van der Waals surface area contributed by atoms with Gasteiger partial charge in [-0.1, -0.05) is 6.07 Å². The van der Waals surface area contributed by atoms with Crippen LogP contribution in [0.4, 0.5) is 15.8 Å². The largest absolute Gasteiger partial charge is 0.326 e. The number of amides is 2. The van der Waals surface area contributed by atoms with Crippen LogP contribution in [0.3, 0.4) is 0 Å². The second-order valence-corrected chi connectivity index (χ2v) is 11.9. The van der Waals surface area contributed by atoms with E-state index in [-0.39, 0.29) is 53.5 Å². The van der Waals surface area contributed by atoms with Gasteiger partial charge in [-0.25, -0.2) is 12.8 Å². The summed E-state index contributed by atoms with van der Waals surface area (Å²) in [6, 6.07) is 9.62. The van der Waals surface area contributed by atoms with E-state index in [1.807, 2.05) is 11.8 Å². The van der Waals surface area contributed by atoms with Gasteiger partial charge in [0, 0.05) is 42.3 Å². The van der Waals surface area contributed by atoms with E-state index in [0.717, 1.165) is 24.1 Å². The molecule has 0 aromatic heterocycles. The number of sulfonamides is 1. The van der Waals surface area contributed by atoms with Gasteiger partial charge in [0.2, 0.25) is 21.8 Å². The number of nitrogens with one attached hydrogen (secondary N) is 1. The van der Waals surface area contributed by atoms with Crippen molar-refractivity contribution >= 4 is 33.2 Å². The minimum atomic E-state index is -3.71. The summed E-state index contributed by atoms with van der Waals surface area (Å²) in [5.74, 6) is -0.700. The number of benzene rings is 2. The van der Waals surface area contributed by atoms with Crippen LogP contribution in [0.5, 0.6) is 0 Å². The van der Waals surface area contributed by atoms with Crippen molar-refractivity contribution in [2.75, 3.05) is 23.3 Å². The Hall–Kier alpha value is -2.78. The molecule has 2 fully saturated rings. The number of anilines is 2. The summed E-state index contributed by atoms with van der Waals surface area (Å²) in [6.07, 6.45) is 3.29. The van der Waals surface area contributed by atoms with Gasteiger partial charge in [-0.05, 0) is 87.4 Å². The number of carbonyl (C=O) groups excluding carboxylic acids is 2. The van der Waals surface area contributed by atoms with Gasteiger partial charge in [0.05, 0.1) is 4.90 Å². The molecule has 1 N–H and O–H groups in total. The van der Waals surface area contributed by atoms with Gasteiger partial charge in [-0.3, -0.25) is 9.59 Å². The number of fused-ring (bicyclic) bond motifs is 1. The van der Waals surface area contributed by atoms with E-state index in [0.29, 0.717) is 30.5 Å². The number of carbonyl (C=O) groups is 2. The first-order valence-corrected chi connectivity index (χ1v) is 13.6. The molecule has 2 aromatic rings. The SMILES string of the molecule is Cc1ccc(NC(=O)C2CCN(S(=O)(=O)c3ccc4c(c3)C[C@@H](C)N4C(=O)C3CC3)CC2)cc1F. The Kier molecular flexibility index (Phi) is 6.17. The first-order valence-electron chi connectivity index (χ1n) is 12.2. The summed E-state index contributed by atoms with van der Waals surface area (Å²) in [7, 11) is -3.71. The highest BCUT2D eigenvalue weighted by Gasteiger charge is 2.40. The molecule has 2 aromatic carbocycles. The zero-order valence-corrected chi connectivity index (χ0v) is 20.8. The molecule has 7 nitrogen and oxygen atoms in total. The number of rotatable bonds is 5. The molecule has 0 bridgehead atoms. The van der Waals surface area contributed by atoms with E-state index in [1.165, 1.54) is 10.4 Å². The first-order chi connectivity index (χ1) is 16.6. The Labute approximate surface area is 205 Å². The normalized spacial score (nSPS) is 21.1. The Morgan fingerprint density at radius 3 is 2.37 bits per heavy atom. The quantitative estimate of drug-likeness (QED) is 0.677. The smallest absolute Gasteiger partial charge is 0.243 e. The van der Waals surface area contributed by atoms with Gasteiger partial charge in [-0.15, -0.1) is 0 Å². The highest BCUT2D eigenvalue weighted by molar-refractivity contribution is 7.89. The molecule has 1 saturated heterocycles. The number of piperidine rings is 1. The lowest BCUT2D eigenvalue weighted by Gasteiger charge is -2.30. The van der Waals surface area contributed by atoms with Gasteiger partial charge >= 0.3 is 0 Å². The third-order valence-corrected chi connectivity index (χ3v) is 9.23. The summed E-state index contributed by atoms with van der Waals surface area (Å²) < 4.78 is 41.9. The molecule has 35 heavy (non-hydrogen) atoms. The van der Waals surface area contributed by atoms with Crippen molar-refractivity contribution in [1.82, 2.24) is 4.31 Å². The molecule has 0 unspecified atom stereocenters. The molecule has 1 saturated carbocycles. The van der Waals surface area contributed by atoms with E-state index < -0.39 is 10.0 Å². The number of hydrogen-bond donors (Lipinski definition) is 1. The van der Waals surface area contributed by atoms with Gasteiger partial charge in [0.1, 0.15) is 5.82 Å². The van der Waals surface area contributed by atoms with E-state index in [4.69, 9.17) is 0 Å². The highest BCUT2D eigenvalue weighted by Crippen LogP contribution is 2.40. The van der Waals surface area contributed by atoms with Gasteiger partial charge < -0.3 is 10.2 Å². The fourth-order valence-electron chi connectivity index (χ4n) is 5.05. The fourth-order valence-corrected chi connectivity index (χ4v) is 6.57. The summed E-state index contributed by atoms with van der Waals surface area (Å²) in [6.45, 7) is 4.13. The summed E-state index contributed by atoms with van der Waals surface area (Å²) in [4.78, 5) is 27.4. The van der Waals surface area contributed by atoms with Crippen LogP contribution >= 0.6 is 0 Å². The third kappa shape index (κ3) is 4.59. The zero-order valence-electron chi connectivity index (χ0n) is 20.0. The van der Waals surface area contributed by atoms with Gasteiger partial charge in [0.25, 0.3) is 0 Å². The zero-order chi connectivity index (χ0) is 24.9. The second kappa shape index (κ2) is 9.02. The van der Waals surface area contributed by atoms with Crippen molar-refractivity contribution in [3.05, 3.63) is 53.3 Å². The van der Waals surface area contributed by atoms with Crippen molar-refractivity contribution in [2.45, 2.75) is 56.9 Å². The molecule has 3 aliphatic rings. The molecule has 186 valence electrons. The first kappa shape index (κ1) is 23.9. The lowest BCUT2D eigenvalue weighted by molar-refractivity contribution is -0.121. The predicted octanol–water partition coefficient (Wildman–Crippen LogP) is 3.86. The van der Waals surface area contributed by atoms with Crippen LogP contribution in [0.15, 0.2) is 41.3 Å². The molecule has 9 heteroatoms. The van der Waals surface area contributed by atoms with Crippen LogP contribution < -0.4 is 10.2 Å². The van der Waals surface area contributed by atoms with Crippen molar-refractivity contribution < 1.29 is 22.4 Å². The molecular formula is C26H30FN3O4S. The Morgan fingerprint density at radius 2 is 1.71 bits per heavy atom. The van der Waals surface area contributed by atoms with Crippen molar-refractivity contribution in [3.8, 4) is 0 Å². The number of nitrogens with zero attached hydrogens (tertiary/aromatic N) is 2. The second-order valence-electron chi connectivity index (χ2n) is 9.96. The average Bonchev–Trinajstić information content (AvgIpc) is 3.63. The average molecular weight is 500 g/mol. The lowest BCUT2D eigenvalue weighted by atomic mass is 9.97. The molecule has 1 aliphatic carbocycles. The number of halogens is 1. The van der Waals surface area contributed by atoms with Crippen molar-refractivity contribution in [2.24, 2.45) is 11.8 Å².